The molecular weight excluding hydrogens is 428 g/mol. The van der Waals surface area contributed by atoms with E-state index in [2.05, 4.69) is 26.0 Å². The molecule has 0 aliphatic carbocycles. The van der Waals surface area contributed by atoms with Crippen molar-refractivity contribution in [2.75, 3.05) is 0 Å². The van der Waals surface area contributed by atoms with Gasteiger partial charge in [0.25, 0.3) is 5.69 Å². The van der Waals surface area contributed by atoms with E-state index < -0.39 is 4.92 Å². The van der Waals surface area contributed by atoms with Crippen LogP contribution in [0.15, 0.2) is 75.5 Å². The average molecular weight is 449 g/mol. The molecule has 2 heterocycles. The van der Waals surface area contributed by atoms with E-state index in [9.17, 15) is 10.1 Å². The summed E-state index contributed by atoms with van der Waals surface area (Å²) in [5, 5.41) is 19.9. The van der Waals surface area contributed by atoms with Crippen LogP contribution in [0, 0.1) is 24.0 Å². The molecule has 4 rings (SSSR count). The molecule has 0 radical (unpaired) electrons. The number of benzene rings is 2. The largest absolute Gasteiger partial charge is 0.269 e. The Morgan fingerprint density at radius 1 is 1.03 bits per heavy atom. The normalized spacial score (nSPS) is 12.4. The molecule has 0 atom stereocenters. The van der Waals surface area contributed by atoms with E-state index in [1.54, 1.807) is 23.5 Å². The fourth-order valence-corrected chi connectivity index (χ4v) is 4.54. The standard InChI is InChI=1S/C23H20N4O2S2/c1-15-6-9-19(13-16(15)2)24-23-26(25-17(3)22-5-4-12-30-22)21(14-31-23)18-7-10-20(11-8-18)27(28)29/h4-14H,1-3H3. The number of aryl methyl sites for hydroxylation is 2. The highest BCUT2D eigenvalue weighted by atomic mass is 32.1. The van der Waals surface area contributed by atoms with Crippen molar-refractivity contribution in [1.82, 2.24) is 4.68 Å². The third-order valence-electron chi connectivity index (χ3n) is 4.90. The van der Waals surface area contributed by atoms with Crippen LogP contribution in [0.3, 0.4) is 0 Å². The van der Waals surface area contributed by atoms with Gasteiger partial charge in [0.05, 0.1) is 26.9 Å². The SMILES string of the molecule is CC(=Nn1c(-c2ccc([N+](=O)[O-])cc2)csc1=Nc1ccc(C)c(C)c1)c1cccs1. The van der Waals surface area contributed by atoms with Crippen molar-refractivity contribution in [3.8, 4) is 11.3 Å². The molecule has 2 aromatic heterocycles. The molecule has 0 aliphatic rings. The predicted molar refractivity (Wildman–Crippen MR) is 127 cm³/mol. The van der Waals surface area contributed by atoms with Gasteiger partial charge in [-0.15, -0.1) is 22.7 Å². The Balaban J connectivity index is 1.87. The molecule has 0 aliphatic heterocycles. The number of nitro benzene ring substituents is 1. The second kappa shape index (κ2) is 8.79. The summed E-state index contributed by atoms with van der Waals surface area (Å²) < 4.78 is 1.82. The Kier molecular flexibility index (Phi) is 5.92. The van der Waals surface area contributed by atoms with Gasteiger partial charge in [-0.25, -0.2) is 9.67 Å². The van der Waals surface area contributed by atoms with Gasteiger partial charge in [-0.3, -0.25) is 10.1 Å². The number of rotatable bonds is 5. The molecule has 8 heteroatoms. The van der Waals surface area contributed by atoms with Gasteiger partial charge >= 0.3 is 0 Å². The molecule has 31 heavy (non-hydrogen) atoms. The zero-order chi connectivity index (χ0) is 22.0. The average Bonchev–Trinajstić information content (AvgIpc) is 3.42. The van der Waals surface area contributed by atoms with Crippen molar-refractivity contribution in [2.24, 2.45) is 10.1 Å². The molecule has 0 unspecified atom stereocenters. The molecule has 0 bridgehead atoms. The van der Waals surface area contributed by atoms with E-state index in [0.29, 0.717) is 0 Å². The van der Waals surface area contributed by atoms with Gasteiger partial charge in [-0.05, 0) is 67.6 Å². The van der Waals surface area contributed by atoms with Crippen LogP contribution in [-0.4, -0.2) is 15.3 Å². The van der Waals surface area contributed by atoms with Gasteiger partial charge in [0.15, 0.2) is 0 Å². The molecular formula is C23H20N4O2S2. The Labute approximate surface area is 187 Å². The minimum Gasteiger partial charge on any atom is -0.258 e. The van der Waals surface area contributed by atoms with E-state index in [4.69, 9.17) is 10.1 Å². The van der Waals surface area contributed by atoms with Gasteiger partial charge in [-0.2, -0.15) is 5.10 Å². The lowest BCUT2D eigenvalue weighted by Gasteiger charge is -2.06. The number of non-ortho nitro benzene ring substituents is 1. The third-order valence-corrected chi connectivity index (χ3v) is 6.70. The topological polar surface area (TPSA) is 72.8 Å². The smallest absolute Gasteiger partial charge is 0.258 e. The maximum atomic E-state index is 11.0. The van der Waals surface area contributed by atoms with Gasteiger partial charge in [0, 0.05) is 23.1 Å². The fourth-order valence-electron chi connectivity index (χ4n) is 3.02. The van der Waals surface area contributed by atoms with Crippen molar-refractivity contribution in [2.45, 2.75) is 20.8 Å². The predicted octanol–water partition coefficient (Wildman–Crippen LogP) is 6.31. The molecule has 0 spiro atoms. The van der Waals surface area contributed by atoms with Crippen molar-refractivity contribution in [1.29, 1.82) is 0 Å². The molecule has 2 aromatic carbocycles. The Morgan fingerprint density at radius 3 is 2.45 bits per heavy atom. The van der Waals surface area contributed by atoms with Crippen LogP contribution >= 0.6 is 22.7 Å². The Bertz CT molecular complexity index is 1330. The molecule has 6 nitrogen and oxygen atoms in total. The van der Waals surface area contributed by atoms with Gasteiger partial charge in [-0.1, -0.05) is 12.1 Å². The second-order valence-corrected chi connectivity index (χ2v) is 8.85. The van der Waals surface area contributed by atoms with E-state index in [1.807, 2.05) is 40.6 Å². The van der Waals surface area contributed by atoms with E-state index in [0.717, 1.165) is 32.3 Å². The summed E-state index contributed by atoms with van der Waals surface area (Å²) in [6.07, 6.45) is 0. The minimum absolute atomic E-state index is 0.0591. The minimum atomic E-state index is -0.398. The molecule has 0 saturated carbocycles. The molecule has 0 saturated heterocycles. The zero-order valence-electron chi connectivity index (χ0n) is 17.3. The van der Waals surface area contributed by atoms with Crippen LogP contribution in [0.25, 0.3) is 11.3 Å². The van der Waals surface area contributed by atoms with Crippen LogP contribution in [0.4, 0.5) is 11.4 Å². The first-order valence-corrected chi connectivity index (χ1v) is 11.3. The van der Waals surface area contributed by atoms with E-state index >= 15 is 0 Å². The lowest BCUT2D eigenvalue weighted by molar-refractivity contribution is -0.384. The first-order chi connectivity index (χ1) is 14.9. The Hall–Kier alpha value is -3.36. The third kappa shape index (κ3) is 4.55. The van der Waals surface area contributed by atoms with Crippen molar-refractivity contribution in [3.63, 3.8) is 0 Å². The summed E-state index contributed by atoms with van der Waals surface area (Å²) in [5.41, 5.74) is 5.86. The first kappa shape index (κ1) is 20.9. The van der Waals surface area contributed by atoms with Crippen LogP contribution < -0.4 is 4.80 Å². The quantitative estimate of drug-likeness (QED) is 0.204. The highest BCUT2D eigenvalue weighted by Crippen LogP contribution is 2.24. The van der Waals surface area contributed by atoms with Crippen molar-refractivity contribution in [3.05, 3.63) is 96.3 Å². The van der Waals surface area contributed by atoms with Gasteiger partial charge < -0.3 is 0 Å². The molecule has 4 aromatic rings. The Morgan fingerprint density at radius 2 is 1.81 bits per heavy atom. The van der Waals surface area contributed by atoms with Crippen molar-refractivity contribution < 1.29 is 4.92 Å². The monoisotopic (exact) mass is 448 g/mol. The lowest BCUT2D eigenvalue weighted by Crippen LogP contribution is -2.13. The summed E-state index contributed by atoms with van der Waals surface area (Å²) in [7, 11) is 0. The highest BCUT2D eigenvalue weighted by Gasteiger charge is 2.12. The summed E-state index contributed by atoms with van der Waals surface area (Å²) >= 11 is 3.11. The number of nitrogens with zero attached hydrogens (tertiary/aromatic N) is 4. The molecule has 0 fully saturated rings. The van der Waals surface area contributed by atoms with Crippen molar-refractivity contribution >= 4 is 39.8 Å². The maximum Gasteiger partial charge on any atom is 0.269 e. The molecule has 0 N–H and O–H groups in total. The number of hydrogen-bond acceptors (Lipinski definition) is 6. The fraction of sp³-hybridized carbons (Fsp3) is 0.130. The number of thiazole rings is 1. The molecule has 156 valence electrons. The maximum absolute atomic E-state index is 11.0. The summed E-state index contributed by atoms with van der Waals surface area (Å²) in [6.45, 7) is 6.11. The van der Waals surface area contributed by atoms with Crippen LogP contribution in [0.5, 0.6) is 0 Å². The second-order valence-electron chi connectivity index (χ2n) is 7.06. The summed E-state index contributed by atoms with van der Waals surface area (Å²) in [6, 6.07) is 16.6. The van der Waals surface area contributed by atoms with Crippen LogP contribution in [-0.2, 0) is 0 Å². The number of nitro groups is 1. The summed E-state index contributed by atoms with van der Waals surface area (Å²) in [4.78, 5) is 17.3. The van der Waals surface area contributed by atoms with Gasteiger partial charge in [0.1, 0.15) is 0 Å². The van der Waals surface area contributed by atoms with E-state index in [-0.39, 0.29) is 5.69 Å². The molecule has 0 amide bonds. The zero-order valence-corrected chi connectivity index (χ0v) is 18.9. The first-order valence-electron chi connectivity index (χ1n) is 9.59. The number of thiophene rings is 1. The summed E-state index contributed by atoms with van der Waals surface area (Å²) in [5.74, 6) is 0. The number of hydrogen-bond donors (Lipinski definition) is 0. The number of aromatic nitrogens is 1. The van der Waals surface area contributed by atoms with Gasteiger partial charge in [0.2, 0.25) is 4.80 Å². The lowest BCUT2D eigenvalue weighted by atomic mass is 10.1. The van der Waals surface area contributed by atoms with E-state index in [1.165, 1.54) is 34.6 Å². The highest BCUT2D eigenvalue weighted by molar-refractivity contribution is 7.12. The van der Waals surface area contributed by atoms with Crippen LogP contribution in [0.1, 0.15) is 22.9 Å². The van der Waals surface area contributed by atoms with Crippen LogP contribution in [0.2, 0.25) is 0 Å².